The molecule has 3 atom stereocenters. The molecule has 0 saturated carbocycles. The predicted octanol–water partition coefficient (Wildman–Crippen LogP) is 2.86. The van der Waals surface area contributed by atoms with Crippen molar-refractivity contribution >= 4 is 11.8 Å². The Hall–Kier alpha value is -3.41. The summed E-state index contributed by atoms with van der Waals surface area (Å²) in [7, 11) is 0. The highest BCUT2D eigenvalue weighted by Crippen LogP contribution is 2.51. The number of halogens is 3. The number of carbonyl (C=O) groups excluding carboxylic acids is 2. The molecule has 2 amide bonds. The van der Waals surface area contributed by atoms with E-state index in [4.69, 9.17) is 5.26 Å². The highest BCUT2D eigenvalue weighted by molar-refractivity contribution is 5.93. The summed E-state index contributed by atoms with van der Waals surface area (Å²) in [5, 5.41) is 11.3. The van der Waals surface area contributed by atoms with E-state index < -0.39 is 41.4 Å². The number of nitrogens with zero attached hydrogens (tertiary/aromatic N) is 3. The maximum atomic E-state index is 14.2. The fraction of sp³-hybridized carbons (Fsp3) is 0.300. The highest BCUT2D eigenvalue weighted by atomic mass is 19.2. The van der Waals surface area contributed by atoms with Crippen molar-refractivity contribution in [2.24, 2.45) is 0 Å². The van der Waals surface area contributed by atoms with Crippen LogP contribution in [-0.4, -0.2) is 28.2 Å². The van der Waals surface area contributed by atoms with Crippen LogP contribution < -0.4 is 5.32 Å². The lowest BCUT2D eigenvalue weighted by molar-refractivity contribution is -0.136. The Labute approximate surface area is 165 Å². The van der Waals surface area contributed by atoms with Gasteiger partial charge in [0.15, 0.2) is 11.6 Å². The van der Waals surface area contributed by atoms with E-state index in [1.165, 1.54) is 24.1 Å². The number of pyridine rings is 1. The predicted molar refractivity (Wildman–Crippen MR) is 95.8 cm³/mol. The molecule has 0 spiro atoms. The number of carbonyl (C=O) groups is 2. The Morgan fingerprint density at radius 2 is 2.17 bits per heavy atom. The van der Waals surface area contributed by atoms with Crippen LogP contribution in [0.5, 0.6) is 0 Å². The molecule has 1 aliphatic heterocycles. The van der Waals surface area contributed by atoms with E-state index >= 15 is 0 Å². The molecule has 0 radical (unpaired) electrons. The Balaban J connectivity index is 0.00000256. The zero-order valence-corrected chi connectivity index (χ0v) is 15.2. The Morgan fingerprint density at radius 3 is 2.86 bits per heavy atom. The molecule has 150 valence electrons. The van der Waals surface area contributed by atoms with E-state index in [1.54, 1.807) is 6.07 Å². The number of rotatable bonds is 4. The van der Waals surface area contributed by atoms with Gasteiger partial charge in [-0.2, -0.15) is 5.26 Å². The normalized spacial score (nSPS) is 20.4. The molecule has 1 aromatic carbocycles. The smallest absolute Gasteiger partial charge is 0.240 e. The van der Waals surface area contributed by atoms with Gasteiger partial charge in [0.2, 0.25) is 11.8 Å². The number of aromatic nitrogens is 1. The van der Waals surface area contributed by atoms with E-state index in [-0.39, 0.29) is 30.7 Å². The first-order valence-corrected chi connectivity index (χ1v) is 8.95. The zero-order chi connectivity index (χ0) is 20.9. The number of benzene rings is 1. The topological polar surface area (TPSA) is 86.1 Å². The molecule has 6 nitrogen and oxygen atoms in total. The van der Waals surface area contributed by atoms with Gasteiger partial charge in [-0.1, -0.05) is 6.07 Å². The molecule has 1 saturated heterocycles. The molecule has 2 bridgehead atoms. The monoisotopic (exact) mass is 402 g/mol. The molecule has 1 fully saturated rings. The third kappa shape index (κ3) is 3.01. The van der Waals surface area contributed by atoms with Gasteiger partial charge >= 0.3 is 0 Å². The van der Waals surface area contributed by atoms with Gasteiger partial charge in [-0.05, 0) is 31.0 Å². The fourth-order valence-corrected chi connectivity index (χ4v) is 4.09. The van der Waals surface area contributed by atoms with Crippen molar-refractivity contribution in [3.05, 3.63) is 64.2 Å². The molecule has 29 heavy (non-hydrogen) atoms. The maximum Gasteiger partial charge on any atom is 0.240 e. The van der Waals surface area contributed by atoms with Crippen LogP contribution in [-0.2, 0) is 9.59 Å². The second-order valence-corrected chi connectivity index (χ2v) is 7.13. The molecular weight excluding hydrogens is 385 g/mol. The molecular formula is C20H17F3N4O2. The lowest BCUT2D eigenvalue weighted by Gasteiger charge is -2.29. The van der Waals surface area contributed by atoms with E-state index in [1.807, 2.05) is 0 Å². The van der Waals surface area contributed by atoms with Crippen molar-refractivity contribution in [2.75, 3.05) is 6.54 Å². The molecule has 1 aliphatic carbocycles. The average molecular weight is 402 g/mol. The van der Waals surface area contributed by atoms with Crippen LogP contribution in [0.25, 0.3) is 0 Å². The van der Waals surface area contributed by atoms with Gasteiger partial charge in [0.05, 0.1) is 29.3 Å². The summed E-state index contributed by atoms with van der Waals surface area (Å²) in [6, 6.07) is 3.68. The molecule has 2 aromatic rings. The first kappa shape index (κ1) is 18.9. The minimum atomic E-state index is -0.996. The molecule has 2 unspecified atom stereocenters. The quantitative estimate of drug-likeness (QED) is 0.852. The van der Waals surface area contributed by atoms with Crippen molar-refractivity contribution in [1.82, 2.24) is 15.2 Å². The third-order valence-corrected chi connectivity index (χ3v) is 5.39. The summed E-state index contributed by atoms with van der Waals surface area (Å²) in [5.41, 5.74) is 0.588. The second-order valence-electron chi connectivity index (χ2n) is 7.13. The molecule has 4 rings (SSSR count). The second kappa shape index (κ2) is 6.88. The van der Waals surface area contributed by atoms with Gasteiger partial charge < -0.3 is 10.2 Å². The SMILES string of the molecule is C[C@H](NC(=O)CN1C(=O)C2CC1c1c2ccc(F)c1F)c1ncc(C#N)cc1F.[HH]. The van der Waals surface area contributed by atoms with Crippen molar-refractivity contribution in [2.45, 2.75) is 31.3 Å². The Bertz CT molecular complexity index is 1090. The minimum Gasteiger partial charge on any atom is -0.346 e. The highest BCUT2D eigenvalue weighted by Gasteiger charge is 2.50. The van der Waals surface area contributed by atoms with Gasteiger partial charge in [-0.25, -0.2) is 13.2 Å². The molecule has 1 N–H and O–H groups in total. The number of hydrogen-bond acceptors (Lipinski definition) is 4. The van der Waals surface area contributed by atoms with Crippen LogP contribution >= 0.6 is 0 Å². The number of amides is 2. The van der Waals surface area contributed by atoms with Gasteiger partial charge in [0, 0.05) is 13.2 Å². The fourth-order valence-electron chi connectivity index (χ4n) is 4.09. The maximum absolute atomic E-state index is 14.2. The zero-order valence-electron chi connectivity index (χ0n) is 15.2. The summed E-state index contributed by atoms with van der Waals surface area (Å²) < 4.78 is 41.9. The summed E-state index contributed by atoms with van der Waals surface area (Å²) in [6.07, 6.45) is 1.49. The molecule has 2 heterocycles. The van der Waals surface area contributed by atoms with Gasteiger partial charge in [0.1, 0.15) is 18.4 Å². The van der Waals surface area contributed by atoms with Crippen LogP contribution in [0.2, 0.25) is 0 Å². The Kier molecular flexibility index (Phi) is 4.49. The van der Waals surface area contributed by atoms with E-state index in [0.717, 1.165) is 12.1 Å². The average Bonchev–Trinajstić information content (AvgIpc) is 3.21. The summed E-state index contributed by atoms with van der Waals surface area (Å²) in [5.74, 6) is -4.22. The molecule has 1 aromatic heterocycles. The first-order chi connectivity index (χ1) is 13.8. The first-order valence-electron chi connectivity index (χ1n) is 8.95. The van der Waals surface area contributed by atoms with Crippen LogP contribution in [0.4, 0.5) is 13.2 Å². The minimum absolute atomic E-state index is 0. The standard InChI is InChI=1S/C20H15F3N4O2.H2/c1-9(19-14(22)4-10(6-24)7-25-19)26-16(28)8-27-15-5-12(20(27)29)11-2-3-13(21)18(23)17(11)15;/h2-4,7,9,12,15H,5,8H2,1H3,(H,26,28);1H/t9-,12?,15?;/m0./s1. The number of likely N-dealkylation sites (tertiary alicyclic amines) is 1. The number of hydrogen-bond donors (Lipinski definition) is 1. The van der Waals surface area contributed by atoms with Crippen LogP contribution in [0.3, 0.4) is 0 Å². The lowest BCUT2D eigenvalue weighted by atomic mass is 9.97. The molecule has 9 heteroatoms. The van der Waals surface area contributed by atoms with Crippen LogP contribution in [0.15, 0.2) is 24.4 Å². The van der Waals surface area contributed by atoms with Crippen molar-refractivity contribution in [3.63, 3.8) is 0 Å². The number of nitriles is 1. The lowest BCUT2D eigenvalue weighted by Crippen LogP contribution is -2.42. The van der Waals surface area contributed by atoms with Gasteiger partial charge in [-0.3, -0.25) is 14.6 Å². The summed E-state index contributed by atoms with van der Waals surface area (Å²) in [6.45, 7) is 1.15. The largest absolute Gasteiger partial charge is 0.346 e. The number of nitrogens with one attached hydrogen (secondary N) is 1. The van der Waals surface area contributed by atoms with Gasteiger partial charge in [0.25, 0.3) is 0 Å². The summed E-state index contributed by atoms with van der Waals surface area (Å²) >= 11 is 0. The van der Waals surface area contributed by atoms with Crippen molar-refractivity contribution < 1.29 is 24.2 Å². The number of fused-ring (bicyclic) bond motifs is 5. The van der Waals surface area contributed by atoms with E-state index in [0.29, 0.717) is 12.0 Å². The summed E-state index contributed by atoms with van der Waals surface area (Å²) in [4.78, 5) is 30.1. The van der Waals surface area contributed by atoms with Gasteiger partial charge in [-0.15, -0.1) is 0 Å². The van der Waals surface area contributed by atoms with Crippen molar-refractivity contribution in [1.29, 1.82) is 5.26 Å². The Morgan fingerprint density at radius 1 is 1.41 bits per heavy atom. The van der Waals surface area contributed by atoms with Crippen LogP contribution in [0, 0.1) is 28.8 Å². The van der Waals surface area contributed by atoms with Crippen LogP contribution in [0.1, 0.15) is 55.2 Å². The molecule has 2 aliphatic rings. The third-order valence-electron chi connectivity index (χ3n) is 5.39. The van der Waals surface area contributed by atoms with E-state index in [2.05, 4.69) is 10.3 Å². The van der Waals surface area contributed by atoms with Crippen molar-refractivity contribution in [3.8, 4) is 6.07 Å². The van der Waals surface area contributed by atoms with E-state index in [9.17, 15) is 22.8 Å².